The van der Waals surface area contributed by atoms with Gasteiger partial charge in [0.2, 0.25) is 0 Å². The van der Waals surface area contributed by atoms with E-state index >= 15 is 0 Å². The number of halogens is 2. The van der Waals surface area contributed by atoms with Crippen LogP contribution in [0.25, 0.3) is 0 Å². The molecule has 4 heteroatoms. The summed E-state index contributed by atoms with van der Waals surface area (Å²) in [6.07, 6.45) is -0.393. The molecule has 0 aromatic carbocycles. The molecule has 0 radical (unpaired) electrons. The van der Waals surface area contributed by atoms with E-state index in [1.807, 2.05) is 6.92 Å². The summed E-state index contributed by atoms with van der Waals surface area (Å²) in [5, 5.41) is 0. The molecule has 0 aromatic rings. The van der Waals surface area contributed by atoms with Crippen molar-refractivity contribution in [2.24, 2.45) is 5.73 Å². The molecular weight excluding hydrogens is 162 g/mol. The maximum absolute atomic E-state index is 11.9. The van der Waals surface area contributed by atoms with E-state index in [9.17, 15) is 8.78 Å². The van der Waals surface area contributed by atoms with E-state index in [4.69, 9.17) is 5.73 Å². The second-order valence-corrected chi connectivity index (χ2v) is 3.01. The summed E-state index contributed by atoms with van der Waals surface area (Å²) in [6, 6.07) is 0.101. The highest BCUT2D eigenvalue weighted by molar-refractivity contribution is 4.69. The molecule has 1 atom stereocenters. The summed E-state index contributed by atoms with van der Waals surface area (Å²) in [7, 11) is 1.69. The van der Waals surface area contributed by atoms with E-state index in [1.165, 1.54) is 0 Å². The molecule has 0 bridgehead atoms. The SMILES string of the molecule is CCCC(CN)N(C)CC(F)F. The van der Waals surface area contributed by atoms with Crippen molar-refractivity contribution in [1.29, 1.82) is 0 Å². The molecule has 74 valence electrons. The Morgan fingerprint density at radius 3 is 2.33 bits per heavy atom. The number of hydrogen-bond acceptors (Lipinski definition) is 2. The maximum atomic E-state index is 11.9. The third kappa shape index (κ3) is 4.62. The highest BCUT2D eigenvalue weighted by atomic mass is 19.3. The zero-order valence-electron chi connectivity index (χ0n) is 7.76. The first-order valence-corrected chi connectivity index (χ1v) is 4.30. The fourth-order valence-electron chi connectivity index (χ4n) is 1.22. The van der Waals surface area contributed by atoms with Crippen LogP contribution < -0.4 is 5.73 Å². The molecule has 2 N–H and O–H groups in total. The zero-order chi connectivity index (χ0) is 9.56. The number of nitrogens with two attached hydrogens (primary N) is 1. The molecule has 0 amide bonds. The van der Waals surface area contributed by atoms with Crippen LogP contribution in [0.5, 0.6) is 0 Å². The first-order valence-electron chi connectivity index (χ1n) is 4.30. The lowest BCUT2D eigenvalue weighted by atomic mass is 10.1. The van der Waals surface area contributed by atoms with Crippen LogP contribution in [-0.4, -0.2) is 37.5 Å². The summed E-state index contributed by atoms with van der Waals surface area (Å²) in [6.45, 7) is 2.30. The minimum Gasteiger partial charge on any atom is -0.329 e. The average molecular weight is 180 g/mol. The molecule has 0 aromatic heterocycles. The third-order valence-corrected chi connectivity index (χ3v) is 1.94. The van der Waals surface area contributed by atoms with Gasteiger partial charge in [0.05, 0.1) is 6.54 Å². The Kier molecular flexibility index (Phi) is 6.20. The fraction of sp³-hybridized carbons (Fsp3) is 1.00. The van der Waals surface area contributed by atoms with Gasteiger partial charge in [-0.05, 0) is 13.5 Å². The Balaban J connectivity index is 3.76. The van der Waals surface area contributed by atoms with E-state index in [2.05, 4.69) is 0 Å². The van der Waals surface area contributed by atoms with Crippen LogP contribution in [0.15, 0.2) is 0 Å². The van der Waals surface area contributed by atoms with Gasteiger partial charge in [-0.1, -0.05) is 13.3 Å². The van der Waals surface area contributed by atoms with Gasteiger partial charge in [-0.3, -0.25) is 4.90 Å². The normalized spacial score (nSPS) is 14.2. The van der Waals surface area contributed by atoms with E-state index in [-0.39, 0.29) is 12.6 Å². The highest BCUT2D eigenvalue weighted by Crippen LogP contribution is 2.05. The standard InChI is InChI=1S/C8H18F2N2/c1-3-4-7(5-11)12(2)6-8(9)10/h7-8H,3-6,11H2,1-2H3. The largest absolute Gasteiger partial charge is 0.329 e. The second kappa shape index (κ2) is 6.31. The van der Waals surface area contributed by atoms with Crippen molar-refractivity contribution in [3.05, 3.63) is 0 Å². The zero-order valence-corrected chi connectivity index (χ0v) is 7.76. The maximum Gasteiger partial charge on any atom is 0.251 e. The van der Waals surface area contributed by atoms with E-state index < -0.39 is 6.43 Å². The van der Waals surface area contributed by atoms with Crippen molar-refractivity contribution >= 4 is 0 Å². The lowest BCUT2D eigenvalue weighted by Gasteiger charge is -2.25. The van der Waals surface area contributed by atoms with Gasteiger partial charge in [0.25, 0.3) is 6.43 Å². The fourth-order valence-corrected chi connectivity index (χ4v) is 1.22. The van der Waals surface area contributed by atoms with Gasteiger partial charge in [-0.25, -0.2) is 8.78 Å². The molecule has 0 saturated carbocycles. The smallest absolute Gasteiger partial charge is 0.251 e. The molecule has 0 aliphatic carbocycles. The number of hydrogen-bond donors (Lipinski definition) is 1. The first kappa shape index (κ1) is 11.8. The molecule has 2 nitrogen and oxygen atoms in total. The van der Waals surface area contributed by atoms with Gasteiger partial charge in [0.1, 0.15) is 0 Å². The van der Waals surface area contributed by atoms with Crippen LogP contribution in [0.3, 0.4) is 0 Å². The van der Waals surface area contributed by atoms with Crippen molar-refractivity contribution in [2.45, 2.75) is 32.2 Å². The van der Waals surface area contributed by atoms with Gasteiger partial charge in [-0.2, -0.15) is 0 Å². The minimum absolute atomic E-state index is 0.101. The van der Waals surface area contributed by atoms with Gasteiger partial charge in [-0.15, -0.1) is 0 Å². The van der Waals surface area contributed by atoms with E-state index in [1.54, 1.807) is 11.9 Å². The third-order valence-electron chi connectivity index (χ3n) is 1.94. The molecule has 1 unspecified atom stereocenters. The molecule has 0 fully saturated rings. The minimum atomic E-state index is -2.26. The molecule has 0 aliphatic rings. The Hall–Kier alpha value is -0.220. The summed E-state index contributed by atoms with van der Waals surface area (Å²) in [4.78, 5) is 1.63. The number of likely N-dealkylation sites (N-methyl/N-ethyl adjacent to an activating group) is 1. The van der Waals surface area contributed by atoms with Crippen LogP contribution in [0.4, 0.5) is 8.78 Å². The molecule has 12 heavy (non-hydrogen) atoms. The van der Waals surface area contributed by atoms with Crippen molar-refractivity contribution < 1.29 is 8.78 Å². The van der Waals surface area contributed by atoms with Crippen LogP contribution in [0.2, 0.25) is 0 Å². The monoisotopic (exact) mass is 180 g/mol. The van der Waals surface area contributed by atoms with Crippen LogP contribution >= 0.6 is 0 Å². The molecule has 0 spiro atoms. The quantitative estimate of drug-likeness (QED) is 0.667. The second-order valence-electron chi connectivity index (χ2n) is 3.01. The molecule has 0 saturated heterocycles. The van der Waals surface area contributed by atoms with Gasteiger partial charge in [0, 0.05) is 12.6 Å². The van der Waals surface area contributed by atoms with Crippen LogP contribution in [0.1, 0.15) is 19.8 Å². The number of nitrogens with zero attached hydrogens (tertiary/aromatic N) is 1. The van der Waals surface area contributed by atoms with Gasteiger partial charge >= 0.3 is 0 Å². The van der Waals surface area contributed by atoms with E-state index in [0.29, 0.717) is 6.54 Å². The van der Waals surface area contributed by atoms with Crippen molar-refractivity contribution in [3.8, 4) is 0 Å². The summed E-state index contributed by atoms with van der Waals surface area (Å²) < 4.78 is 23.9. The first-order chi connectivity index (χ1) is 5.61. The molecule has 0 aliphatic heterocycles. The Labute approximate surface area is 72.7 Å². The number of alkyl halides is 2. The van der Waals surface area contributed by atoms with Gasteiger partial charge < -0.3 is 5.73 Å². The van der Waals surface area contributed by atoms with Gasteiger partial charge in [0.15, 0.2) is 0 Å². The molecule has 0 heterocycles. The highest BCUT2D eigenvalue weighted by Gasteiger charge is 2.15. The van der Waals surface area contributed by atoms with E-state index in [0.717, 1.165) is 12.8 Å². The topological polar surface area (TPSA) is 29.3 Å². The summed E-state index contributed by atoms with van der Waals surface area (Å²) in [5.41, 5.74) is 5.45. The number of rotatable bonds is 6. The Bertz CT molecular complexity index is 109. The molecular formula is C8H18F2N2. The average Bonchev–Trinajstić information content (AvgIpc) is 1.98. The lowest BCUT2D eigenvalue weighted by molar-refractivity contribution is 0.0801. The predicted octanol–water partition coefficient (Wildman–Crippen LogP) is 1.31. The Morgan fingerprint density at radius 2 is 2.00 bits per heavy atom. The lowest BCUT2D eigenvalue weighted by Crippen LogP contribution is -2.40. The predicted molar refractivity (Wildman–Crippen MR) is 46.4 cm³/mol. The van der Waals surface area contributed by atoms with Crippen LogP contribution in [0, 0.1) is 0 Å². The van der Waals surface area contributed by atoms with Crippen molar-refractivity contribution in [3.63, 3.8) is 0 Å². The summed E-state index contributed by atoms with van der Waals surface area (Å²) >= 11 is 0. The van der Waals surface area contributed by atoms with Crippen molar-refractivity contribution in [2.75, 3.05) is 20.1 Å². The van der Waals surface area contributed by atoms with Crippen molar-refractivity contribution in [1.82, 2.24) is 4.90 Å². The van der Waals surface area contributed by atoms with Crippen LogP contribution in [-0.2, 0) is 0 Å². The molecule has 0 rings (SSSR count). The Morgan fingerprint density at radius 1 is 1.42 bits per heavy atom. The summed E-state index contributed by atoms with van der Waals surface area (Å²) in [5.74, 6) is 0.